The number of carbonyl (C=O) groups excluding carboxylic acids is 2. The van der Waals surface area contributed by atoms with Crippen LogP contribution in [0.15, 0.2) is 64.2 Å². The Morgan fingerprint density at radius 3 is 2.32 bits per heavy atom. The maximum Gasteiger partial charge on any atom is 0.332 e. The standard InChI is InChI=1S/C25H29N5O4/c1-4-18-12-8-9-13-19(18)27-21(32)16-28(2)15-20(31)22-23(26)30(25(34)29(3)24(22)33)14-17-10-6-5-7-11-17/h5-13H,4,14-16,26H2,1-3H3,(H,27,32). The number of hydrogen-bond donors (Lipinski definition) is 2. The zero-order chi connectivity index (χ0) is 24.8. The minimum Gasteiger partial charge on any atom is -0.384 e. The molecule has 34 heavy (non-hydrogen) atoms. The van der Waals surface area contributed by atoms with Crippen molar-refractivity contribution in [2.75, 3.05) is 31.2 Å². The topological polar surface area (TPSA) is 119 Å². The number of benzene rings is 2. The van der Waals surface area contributed by atoms with Gasteiger partial charge in [0.1, 0.15) is 11.4 Å². The fraction of sp³-hybridized carbons (Fsp3) is 0.280. The Kier molecular flexibility index (Phi) is 7.80. The molecule has 0 aliphatic rings. The van der Waals surface area contributed by atoms with Crippen molar-refractivity contribution in [3.05, 3.63) is 92.1 Å². The van der Waals surface area contributed by atoms with Crippen LogP contribution < -0.4 is 22.3 Å². The van der Waals surface area contributed by atoms with Crippen LogP contribution >= 0.6 is 0 Å². The Morgan fingerprint density at radius 2 is 1.65 bits per heavy atom. The minimum atomic E-state index is -0.758. The van der Waals surface area contributed by atoms with E-state index in [0.29, 0.717) is 0 Å². The molecule has 2 aromatic carbocycles. The molecule has 0 atom stereocenters. The molecule has 0 radical (unpaired) electrons. The number of anilines is 2. The number of carbonyl (C=O) groups is 2. The molecule has 1 aromatic heterocycles. The van der Waals surface area contributed by atoms with Crippen LogP contribution in [-0.4, -0.2) is 45.9 Å². The summed E-state index contributed by atoms with van der Waals surface area (Å²) in [5.74, 6) is -1.04. The highest BCUT2D eigenvalue weighted by molar-refractivity contribution is 6.01. The van der Waals surface area contributed by atoms with Gasteiger partial charge in [-0.3, -0.25) is 28.4 Å². The summed E-state index contributed by atoms with van der Waals surface area (Å²) in [7, 11) is 2.91. The Balaban J connectivity index is 1.78. The van der Waals surface area contributed by atoms with Gasteiger partial charge in [0.15, 0.2) is 5.78 Å². The summed E-state index contributed by atoms with van der Waals surface area (Å²) in [4.78, 5) is 52.4. The Morgan fingerprint density at radius 1 is 1.00 bits per heavy atom. The van der Waals surface area contributed by atoms with Crippen LogP contribution in [0.4, 0.5) is 11.5 Å². The SMILES string of the molecule is CCc1ccccc1NC(=O)CN(C)CC(=O)c1c(N)n(Cc2ccccc2)c(=O)n(C)c1=O. The first-order valence-electron chi connectivity index (χ1n) is 11.0. The summed E-state index contributed by atoms with van der Waals surface area (Å²) >= 11 is 0. The van der Waals surface area contributed by atoms with Gasteiger partial charge in [0.25, 0.3) is 5.56 Å². The van der Waals surface area contributed by atoms with Gasteiger partial charge in [0, 0.05) is 12.7 Å². The first-order valence-corrected chi connectivity index (χ1v) is 11.0. The number of hydrogen-bond acceptors (Lipinski definition) is 6. The van der Waals surface area contributed by atoms with E-state index in [-0.39, 0.29) is 36.9 Å². The van der Waals surface area contributed by atoms with Crippen LogP contribution in [-0.2, 0) is 24.8 Å². The van der Waals surface area contributed by atoms with Gasteiger partial charge in [-0.05, 0) is 30.7 Å². The summed E-state index contributed by atoms with van der Waals surface area (Å²) in [6, 6.07) is 16.6. The Labute approximate surface area is 197 Å². The second-order valence-corrected chi connectivity index (χ2v) is 8.13. The molecule has 1 amide bonds. The van der Waals surface area contributed by atoms with Crippen molar-refractivity contribution in [2.45, 2.75) is 19.9 Å². The number of nitrogens with zero attached hydrogens (tertiary/aromatic N) is 3. The van der Waals surface area contributed by atoms with E-state index >= 15 is 0 Å². The predicted molar refractivity (Wildman–Crippen MR) is 132 cm³/mol. The summed E-state index contributed by atoms with van der Waals surface area (Å²) < 4.78 is 2.08. The molecule has 3 aromatic rings. The van der Waals surface area contributed by atoms with Crippen LogP contribution in [0.25, 0.3) is 0 Å². The van der Waals surface area contributed by atoms with Gasteiger partial charge in [-0.25, -0.2) is 4.79 Å². The second kappa shape index (κ2) is 10.8. The molecule has 0 saturated carbocycles. The van der Waals surface area contributed by atoms with Crippen LogP contribution in [0.1, 0.15) is 28.4 Å². The number of nitrogen functional groups attached to an aromatic ring is 1. The highest BCUT2D eigenvalue weighted by Crippen LogP contribution is 2.15. The number of nitrogens with one attached hydrogen (secondary N) is 1. The van der Waals surface area contributed by atoms with E-state index < -0.39 is 17.0 Å². The van der Waals surface area contributed by atoms with Crippen molar-refractivity contribution in [3.63, 3.8) is 0 Å². The zero-order valence-corrected chi connectivity index (χ0v) is 19.6. The molecule has 0 aliphatic carbocycles. The average Bonchev–Trinajstić information content (AvgIpc) is 2.81. The maximum atomic E-state index is 13.0. The molecular weight excluding hydrogens is 434 g/mol. The largest absolute Gasteiger partial charge is 0.384 e. The van der Waals surface area contributed by atoms with Gasteiger partial charge in [-0.1, -0.05) is 55.5 Å². The van der Waals surface area contributed by atoms with E-state index in [9.17, 15) is 19.2 Å². The van der Waals surface area contributed by atoms with Gasteiger partial charge >= 0.3 is 5.69 Å². The van der Waals surface area contributed by atoms with Crippen molar-refractivity contribution >= 4 is 23.2 Å². The van der Waals surface area contributed by atoms with Crippen molar-refractivity contribution in [1.82, 2.24) is 14.0 Å². The number of aromatic nitrogens is 2. The molecule has 3 N–H and O–H groups in total. The molecule has 0 aliphatic heterocycles. The number of likely N-dealkylation sites (N-methyl/N-ethyl adjacent to an activating group) is 1. The van der Waals surface area contributed by atoms with Gasteiger partial charge in [-0.15, -0.1) is 0 Å². The van der Waals surface area contributed by atoms with E-state index in [1.54, 1.807) is 7.05 Å². The van der Waals surface area contributed by atoms with Crippen molar-refractivity contribution in [3.8, 4) is 0 Å². The van der Waals surface area contributed by atoms with E-state index in [1.165, 1.54) is 16.5 Å². The lowest BCUT2D eigenvalue weighted by Gasteiger charge is -2.18. The normalized spacial score (nSPS) is 10.9. The molecule has 0 fully saturated rings. The van der Waals surface area contributed by atoms with Gasteiger partial charge < -0.3 is 11.1 Å². The van der Waals surface area contributed by atoms with Crippen LogP contribution in [0.2, 0.25) is 0 Å². The molecule has 3 rings (SSSR count). The Hall–Kier alpha value is -3.98. The lowest BCUT2D eigenvalue weighted by atomic mass is 10.1. The number of Topliss-reactive ketones (excluding diaryl/α,β-unsaturated/α-hetero) is 1. The van der Waals surface area contributed by atoms with Crippen molar-refractivity contribution in [1.29, 1.82) is 0 Å². The molecule has 9 nitrogen and oxygen atoms in total. The summed E-state index contributed by atoms with van der Waals surface area (Å²) in [6.07, 6.45) is 0.770. The highest BCUT2D eigenvalue weighted by Gasteiger charge is 2.23. The monoisotopic (exact) mass is 463 g/mol. The average molecular weight is 464 g/mol. The van der Waals surface area contributed by atoms with E-state index in [0.717, 1.165) is 27.8 Å². The lowest BCUT2D eigenvalue weighted by Crippen LogP contribution is -2.44. The minimum absolute atomic E-state index is 0.0618. The number of amides is 1. The lowest BCUT2D eigenvalue weighted by molar-refractivity contribution is -0.116. The van der Waals surface area contributed by atoms with Crippen LogP contribution in [0, 0.1) is 0 Å². The van der Waals surface area contributed by atoms with Crippen LogP contribution in [0.3, 0.4) is 0 Å². The van der Waals surface area contributed by atoms with Crippen molar-refractivity contribution < 1.29 is 9.59 Å². The fourth-order valence-electron chi connectivity index (χ4n) is 3.73. The summed E-state index contributed by atoms with van der Waals surface area (Å²) in [6.45, 7) is 1.84. The summed E-state index contributed by atoms with van der Waals surface area (Å²) in [5.41, 5.74) is 7.05. The van der Waals surface area contributed by atoms with E-state index in [1.807, 2.05) is 61.5 Å². The fourth-order valence-corrected chi connectivity index (χ4v) is 3.73. The molecule has 0 unspecified atom stereocenters. The first kappa shape index (κ1) is 24.7. The third-order valence-electron chi connectivity index (χ3n) is 5.55. The van der Waals surface area contributed by atoms with E-state index in [4.69, 9.17) is 5.73 Å². The van der Waals surface area contributed by atoms with Crippen LogP contribution in [0.5, 0.6) is 0 Å². The molecule has 0 bridgehead atoms. The van der Waals surface area contributed by atoms with Crippen molar-refractivity contribution in [2.24, 2.45) is 7.05 Å². The smallest absolute Gasteiger partial charge is 0.332 e. The second-order valence-electron chi connectivity index (χ2n) is 8.13. The molecule has 0 spiro atoms. The molecule has 9 heteroatoms. The number of para-hydroxylation sites is 1. The third-order valence-corrected chi connectivity index (χ3v) is 5.55. The summed E-state index contributed by atoms with van der Waals surface area (Å²) in [5, 5.41) is 2.85. The molecule has 178 valence electrons. The maximum absolute atomic E-state index is 13.0. The predicted octanol–water partition coefficient (Wildman–Crippen LogP) is 1.49. The quantitative estimate of drug-likeness (QED) is 0.464. The highest BCUT2D eigenvalue weighted by atomic mass is 16.2. The van der Waals surface area contributed by atoms with Gasteiger partial charge in [-0.2, -0.15) is 0 Å². The molecular formula is C25H29N5O4. The molecule has 0 saturated heterocycles. The third kappa shape index (κ3) is 5.49. The van der Waals surface area contributed by atoms with E-state index in [2.05, 4.69) is 5.32 Å². The van der Waals surface area contributed by atoms with Gasteiger partial charge in [0.05, 0.1) is 19.6 Å². The van der Waals surface area contributed by atoms with Gasteiger partial charge in [0.2, 0.25) is 5.91 Å². The zero-order valence-electron chi connectivity index (χ0n) is 19.6. The number of aryl methyl sites for hydroxylation is 1. The first-order chi connectivity index (χ1) is 16.2. The number of rotatable bonds is 9. The number of nitrogens with two attached hydrogens (primary N) is 1. The Bertz CT molecular complexity index is 1310. The number of ketones is 1. The molecule has 1 heterocycles.